The number of para-hydroxylation sites is 2. The number of hydrogen-bond acceptors (Lipinski definition) is 4. The van der Waals surface area contributed by atoms with Gasteiger partial charge in [0.1, 0.15) is 5.82 Å². The molecule has 0 saturated carbocycles. The molecule has 5 heteroatoms. The third-order valence-corrected chi connectivity index (χ3v) is 2.28. The van der Waals surface area contributed by atoms with E-state index in [1.807, 2.05) is 24.3 Å². The van der Waals surface area contributed by atoms with Crippen LogP contribution in [-0.4, -0.2) is 19.7 Å². The van der Waals surface area contributed by atoms with Crippen LogP contribution >= 0.6 is 0 Å². The zero-order chi connectivity index (χ0) is 11.0. The molecule has 0 saturated heterocycles. The fourth-order valence-electron chi connectivity index (χ4n) is 1.52. The molecule has 0 atom stereocenters. The second kappa shape index (κ2) is 3.30. The summed E-state index contributed by atoms with van der Waals surface area (Å²) < 4.78 is 1.61. The van der Waals surface area contributed by atoms with Gasteiger partial charge in [0.05, 0.1) is 17.2 Å². The number of nitrogen functional groups attached to an aromatic ring is 1. The van der Waals surface area contributed by atoms with Crippen molar-refractivity contribution >= 4 is 16.9 Å². The Bertz CT molecular complexity index is 643. The maximum atomic E-state index is 5.55. The van der Waals surface area contributed by atoms with E-state index in [2.05, 4.69) is 15.1 Å². The number of fused-ring (bicyclic) bond motifs is 1. The van der Waals surface area contributed by atoms with E-state index in [1.54, 1.807) is 23.1 Å². The van der Waals surface area contributed by atoms with Gasteiger partial charge in [-0.15, -0.1) is 5.10 Å². The van der Waals surface area contributed by atoms with Crippen molar-refractivity contribution in [3.8, 4) is 5.82 Å². The topological polar surface area (TPSA) is 69.6 Å². The van der Waals surface area contributed by atoms with Gasteiger partial charge in [-0.2, -0.15) is 0 Å². The highest BCUT2D eigenvalue weighted by molar-refractivity contribution is 5.74. The summed E-state index contributed by atoms with van der Waals surface area (Å²) in [6, 6.07) is 9.42. The normalized spacial score (nSPS) is 10.8. The molecule has 0 aliphatic carbocycles. The summed E-state index contributed by atoms with van der Waals surface area (Å²) in [5.74, 6) is 1.13. The van der Waals surface area contributed by atoms with E-state index >= 15 is 0 Å². The van der Waals surface area contributed by atoms with Crippen LogP contribution in [-0.2, 0) is 0 Å². The standard InChI is InChI=1S/C11H9N5/c12-10-5-6-16(15-10)11-7-13-8-3-1-2-4-9(8)14-11/h1-7H,(H2,12,15). The SMILES string of the molecule is Nc1ccn(-c2cnc3ccccc3n2)n1. The maximum Gasteiger partial charge on any atom is 0.172 e. The molecule has 0 fully saturated rings. The molecule has 78 valence electrons. The monoisotopic (exact) mass is 211 g/mol. The van der Waals surface area contributed by atoms with Gasteiger partial charge in [-0.05, 0) is 12.1 Å². The van der Waals surface area contributed by atoms with Gasteiger partial charge >= 0.3 is 0 Å². The number of hydrogen-bond donors (Lipinski definition) is 1. The Morgan fingerprint density at radius 1 is 1.06 bits per heavy atom. The Labute approximate surface area is 91.6 Å². The number of nitrogens with two attached hydrogens (primary N) is 1. The summed E-state index contributed by atoms with van der Waals surface area (Å²) in [5, 5.41) is 4.08. The van der Waals surface area contributed by atoms with Crippen LogP contribution in [0.4, 0.5) is 5.82 Å². The molecule has 0 radical (unpaired) electrons. The Kier molecular flexibility index (Phi) is 1.83. The van der Waals surface area contributed by atoms with E-state index in [9.17, 15) is 0 Å². The number of anilines is 1. The molecular weight excluding hydrogens is 202 g/mol. The van der Waals surface area contributed by atoms with Gasteiger partial charge in [0, 0.05) is 12.3 Å². The van der Waals surface area contributed by atoms with E-state index in [-0.39, 0.29) is 0 Å². The molecular formula is C11H9N5. The summed E-state index contributed by atoms with van der Waals surface area (Å²) in [7, 11) is 0. The van der Waals surface area contributed by atoms with Crippen molar-refractivity contribution in [3.05, 3.63) is 42.7 Å². The Morgan fingerprint density at radius 2 is 1.88 bits per heavy atom. The first-order valence-electron chi connectivity index (χ1n) is 4.86. The molecule has 16 heavy (non-hydrogen) atoms. The van der Waals surface area contributed by atoms with E-state index < -0.39 is 0 Å². The van der Waals surface area contributed by atoms with E-state index in [0.717, 1.165) is 11.0 Å². The van der Waals surface area contributed by atoms with Crippen molar-refractivity contribution in [2.75, 3.05) is 5.73 Å². The van der Waals surface area contributed by atoms with Gasteiger partial charge in [-0.1, -0.05) is 12.1 Å². The van der Waals surface area contributed by atoms with Crippen molar-refractivity contribution in [2.24, 2.45) is 0 Å². The molecule has 2 heterocycles. The Hall–Kier alpha value is -2.43. The quantitative estimate of drug-likeness (QED) is 0.660. The van der Waals surface area contributed by atoms with Gasteiger partial charge in [0.15, 0.2) is 5.82 Å². The minimum atomic E-state index is 0.468. The lowest BCUT2D eigenvalue weighted by molar-refractivity contribution is 0.851. The average molecular weight is 211 g/mol. The lowest BCUT2D eigenvalue weighted by Gasteiger charge is -2.01. The summed E-state index contributed by atoms with van der Waals surface area (Å²) in [6.07, 6.45) is 3.43. The first-order chi connectivity index (χ1) is 7.83. The third-order valence-electron chi connectivity index (χ3n) is 2.28. The number of rotatable bonds is 1. The predicted octanol–water partition coefficient (Wildman–Crippen LogP) is 1.40. The summed E-state index contributed by atoms with van der Waals surface area (Å²) in [4.78, 5) is 8.74. The maximum absolute atomic E-state index is 5.55. The first kappa shape index (κ1) is 8.84. The molecule has 0 amide bonds. The number of aromatic nitrogens is 4. The zero-order valence-corrected chi connectivity index (χ0v) is 8.41. The van der Waals surface area contributed by atoms with Crippen LogP contribution in [0.25, 0.3) is 16.9 Å². The molecule has 1 aromatic carbocycles. The Morgan fingerprint density at radius 3 is 2.62 bits per heavy atom. The second-order valence-electron chi connectivity index (χ2n) is 3.40. The van der Waals surface area contributed by atoms with Gasteiger partial charge in [0.25, 0.3) is 0 Å². The van der Waals surface area contributed by atoms with Crippen LogP contribution in [0.5, 0.6) is 0 Å². The van der Waals surface area contributed by atoms with Gasteiger partial charge in [0.2, 0.25) is 0 Å². The minimum Gasteiger partial charge on any atom is -0.382 e. The highest BCUT2D eigenvalue weighted by Crippen LogP contribution is 2.11. The lowest BCUT2D eigenvalue weighted by atomic mass is 10.3. The van der Waals surface area contributed by atoms with Gasteiger partial charge in [-0.3, -0.25) is 4.98 Å². The molecule has 5 nitrogen and oxygen atoms in total. The summed E-state index contributed by atoms with van der Waals surface area (Å²) in [6.45, 7) is 0. The van der Waals surface area contributed by atoms with Gasteiger partial charge in [-0.25, -0.2) is 9.67 Å². The fraction of sp³-hybridized carbons (Fsp3) is 0. The molecule has 0 aliphatic heterocycles. The van der Waals surface area contributed by atoms with Crippen molar-refractivity contribution in [1.29, 1.82) is 0 Å². The second-order valence-corrected chi connectivity index (χ2v) is 3.40. The van der Waals surface area contributed by atoms with Crippen molar-refractivity contribution in [1.82, 2.24) is 19.7 Å². The number of nitrogens with zero attached hydrogens (tertiary/aromatic N) is 4. The minimum absolute atomic E-state index is 0.468. The predicted molar refractivity (Wildman–Crippen MR) is 61.1 cm³/mol. The van der Waals surface area contributed by atoms with Crippen LogP contribution in [0.15, 0.2) is 42.7 Å². The Balaban J connectivity index is 2.18. The van der Waals surface area contributed by atoms with Crippen LogP contribution in [0.3, 0.4) is 0 Å². The van der Waals surface area contributed by atoms with Crippen LogP contribution in [0.1, 0.15) is 0 Å². The van der Waals surface area contributed by atoms with Crippen LogP contribution in [0, 0.1) is 0 Å². The van der Waals surface area contributed by atoms with E-state index in [1.165, 1.54) is 0 Å². The molecule has 0 bridgehead atoms. The summed E-state index contributed by atoms with van der Waals surface area (Å²) in [5.41, 5.74) is 7.26. The molecule has 3 aromatic rings. The molecule has 2 aromatic heterocycles. The highest BCUT2D eigenvalue weighted by atomic mass is 15.3. The number of benzene rings is 1. The largest absolute Gasteiger partial charge is 0.382 e. The smallest absolute Gasteiger partial charge is 0.172 e. The zero-order valence-electron chi connectivity index (χ0n) is 8.41. The molecule has 2 N–H and O–H groups in total. The molecule has 0 spiro atoms. The first-order valence-corrected chi connectivity index (χ1v) is 4.86. The van der Waals surface area contributed by atoms with Crippen molar-refractivity contribution in [3.63, 3.8) is 0 Å². The molecule has 0 aliphatic rings. The summed E-state index contributed by atoms with van der Waals surface area (Å²) >= 11 is 0. The fourth-order valence-corrected chi connectivity index (χ4v) is 1.52. The van der Waals surface area contributed by atoms with Crippen molar-refractivity contribution in [2.45, 2.75) is 0 Å². The van der Waals surface area contributed by atoms with Crippen molar-refractivity contribution < 1.29 is 0 Å². The van der Waals surface area contributed by atoms with Crippen LogP contribution < -0.4 is 5.73 Å². The average Bonchev–Trinajstić information content (AvgIpc) is 2.75. The van der Waals surface area contributed by atoms with E-state index in [4.69, 9.17) is 5.73 Å². The third kappa shape index (κ3) is 1.38. The molecule has 0 unspecified atom stereocenters. The highest BCUT2D eigenvalue weighted by Gasteiger charge is 2.02. The van der Waals surface area contributed by atoms with Gasteiger partial charge < -0.3 is 5.73 Å². The molecule has 3 rings (SSSR count). The lowest BCUT2D eigenvalue weighted by Crippen LogP contribution is -2.00. The van der Waals surface area contributed by atoms with E-state index in [0.29, 0.717) is 11.6 Å². The van der Waals surface area contributed by atoms with Crippen LogP contribution in [0.2, 0.25) is 0 Å².